The molecule has 0 saturated carbocycles. The molecule has 0 unspecified atom stereocenters. The highest BCUT2D eigenvalue weighted by atomic mass is 15.2. The van der Waals surface area contributed by atoms with E-state index in [-0.39, 0.29) is 6.98 Å². The molecule has 242 valence electrons. The van der Waals surface area contributed by atoms with E-state index >= 15 is 0 Å². The molecule has 3 heterocycles. The first-order chi connectivity index (χ1) is 25.8. The van der Waals surface area contributed by atoms with Crippen LogP contribution in [0.15, 0.2) is 194 Å². The average molecular weight is 662 g/mol. The van der Waals surface area contributed by atoms with Gasteiger partial charge in [-0.15, -0.1) is 0 Å². The van der Waals surface area contributed by atoms with E-state index in [0.29, 0.717) is 0 Å². The molecular formula is C48H32BN3. The third-order valence-electron chi connectivity index (χ3n) is 11.0. The van der Waals surface area contributed by atoms with E-state index in [1.165, 1.54) is 83.4 Å². The Balaban J connectivity index is 1.08. The number of para-hydroxylation sites is 5. The monoisotopic (exact) mass is 661 g/mol. The van der Waals surface area contributed by atoms with Gasteiger partial charge in [-0.2, -0.15) is 0 Å². The Morgan fingerprint density at radius 1 is 0.327 bits per heavy atom. The van der Waals surface area contributed by atoms with Crippen LogP contribution in [0.25, 0.3) is 60.9 Å². The van der Waals surface area contributed by atoms with Gasteiger partial charge in [-0.25, -0.2) is 0 Å². The molecule has 2 aliphatic rings. The zero-order chi connectivity index (χ0) is 34.2. The van der Waals surface area contributed by atoms with E-state index in [1.807, 2.05) is 0 Å². The molecule has 0 atom stereocenters. The predicted molar refractivity (Wildman–Crippen MR) is 220 cm³/mol. The van der Waals surface area contributed by atoms with Crippen molar-refractivity contribution >= 4 is 57.0 Å². The first-order valence-electron chi connectivity index (χ1n) is 18.0. The summed E-state index contributed by atoms with van der Waals surface area (Å²) in [6, 6.07) is 70.9. The minimum absolute atomic E-state index is 0.0790. The minimum atomic E-state index is -0.0790. The van der Waals surface area contributed by atoms with Crippen molar-refractivity contribution in [2.24, 2.45) is 0 Å². The number of aromatic nitrogens is 1. The molecule has 8 aromatic carbocycles. The zero-order valence-corrected chi connectivity index (χ0v) is 28.4. The fourth-order valence-corrected chi connectivity index (χ4v) is 8.74. The number of nitrogens with zero attached hydrogens (tertiary/aromatic N) is 3. The lowest BCUT2D eigenvalue weighted by molar-refractivity contribution is 1.18. The van der Waals surface area contributed by atoms with Gasteiger partial charge in [-0.3, -0.25) is 0 Å². The first-order valence-corrected chi connectivity index (χ1v) is 18.0. The molecular weight excluding hydrogens is 629 g/mol. The van der Waals surface area contributed by atoms with Crippen LogP contribution in [0.2, 0.25) is 0 Å². The maximum atomic E-state index is 2.55. The molecule has 52 heavy (non-hydrogen) atoms. The van der Waals surface area contributed by atoms with Crippen LogP contribution in [0.5, 0.6) is 0 Å². The molecule has 0 bridgehead atoms. The number of fused-ring (bicyclic) bond motifs is 7. The third-order valence-corrected chi connectivity index (χ3v) is 11.0. The smallest absolute Gasteiger partial charge is 0.361 e. The predicted octanol–water partition coefficient (Wildman–Crippen LogP) is 11.8. The summed E-state index contributed by atoms with van der Waals surface area (Å²) >= 11 is 0. The number of benzene rings is 8. The number of rotatable bonds is 4. The molecule has 3 nitrogen and oxygen atoms in total. The standard InChI is InChI=1S/C48H32BN3/c1-3-14-35(15-4-1)50-44-23-10-7-20-40(44)43-32-34(28-31-45(43)50)33-26-29-37(30-27-33)52-47-25-12-9-19-39(47)42-22-13-21-41-38-18-8-11-24-46(38)51(49(52)48(41)42)36-16-5-2-6-17-36/h1-32H. The number of hydrogen-bond donors (Lipinski definition) is 0. The van der Waals surface area contributed by atoms with E-state index in [9.17, 15) is 0 Å². The molecule has 0 N–H and O–H groups in total. The summed E-state index contributed by atoms with van der Waals surface area (Å²) in [6.07, 6.45) is 0. The highest BCUT2D eigenvalue weighted by molar-refractivity contribution is 6.86. The molecule has 0 radical (unpaired) electrons. The topological polar surface area (TPSA) is 11.4 Å². The maximum absolute atomic E-state index is 2.55. The largest absolute Gasteiger partial charge is 0.421 e. The summed E-state index contributed by atoms with van der Waals surface area (Å²) < 4.78 is 2.37. The Kier molecular flexibility index (Phi) is 6.35. The average Bonchev–Trinajstić information content (AvgIpc) is 3.55. The fraction of sp³-hybridized carbons (Fsp3) is 0. The summed E-state index contributed by atoms with van der Waals surface area (Å²) in [5.74, 6) is 0. The lowest BCUT2D eigenvalue weighted by atomic mass is 9.53. The minimum Gasteiger partial charge on any atom is -0.361 e. The van der Waals surface area contributed by atoms with Crippen LogP contribution in [0.4, 0.5) is 22.7 Å². The van der Waals surface area contributed by atoms with Crippen molar-refractivity contribution in [3.8, 4) is 39.1 Å². The van der Waals surface area contributed by atoms with Gasteiger partial charge in [0.05, 0.1) is 11.0 Å². The van der Waals surface area contributed by atoms with Gasteiger partial charge in [0.25, 0.3) is 0 Å². The Labute approximate surface area is 303 Å². The Morgan fingerprint density at radius 2 is 0.827 bits per heavy atom. The van der Waals surface area contributed by atoms with Crippen LogP contribution in [0.1, 0.15) is 0 Å². The van der Waals surface area contributed by atoms with Crippen molar-refractivity contribution in [3.63, 3.8) is 0 Å². The normalized spacial score (nSPS) is 12.9. The molecule has 0 spiro atoms. The van der Waals surface area contributed by atoms with E-state index in [1.54, 1.807) is 0 Å². The van der Waals surface area contributed by atoms with Crippen LogP contribution < -0.4 is 15.1 Å². The SMILES string of the molecule is c1ccc(N2B3c4c(cccc4-c4ccccc4N3c3ccc(-c4ccc5c(c4)c4ccccc4n5-c4ccccc4)cc3)-c3ccccc32)cc1. The lowest BCUT2D eigenvalue weighted by Crippen LogP contribution is -2.61. The highest BCUT2D eigenvalue weighted by Gasteiger charge is 2.46. The molecule has 0 amide bonds. The Bertz CT molecular complexity index is 2790. The van der Waals surface area contributed by atoms with Gasteiger partial charge in [0.15, 0.2) is 0 Å². The number of hydrogen-bond acceptors (Lipinski definition) is 2. The van der Waals surface area contributed by atoms with Crippen molar-refractivity contribution in [2.45, 2.75) is 0 Å². The molecule has 4 heteroatoms. The van der Waals surface area contributed by atoms with Gasteiger partial charge in [0.1, 0.15) is 0 Å². The van der Waals surface area contributed by atoms with E-state index in [0.717, 1.165) is 5.69 Å². The van der Waals surface area contributed by atoms with Gasteiger partial charge in [-0.05, 0) is 94.4 Å². The van der Waals surface area contributed by atoms with Crippen molar-refractivity contribution in [2.75, 3.05) is 9.62 Å². The second kappa shape index (κ2) is 11.4. The zero-order valence-electron chi connectivity index (χ0n) is 28.4. The van der Waals surface area contributed by atoms with E-state index in [4.69, 9.17) is 0 Å². The third kappa shape index (κ3) is 4.21. The van der Waals surface area contributed by atoms with Crippen LogP contribution >= 0.6 is 0 Å². The summed E-state index contributed by atoms with van der Waals surface area (Å²) in [4.78, 5) is 5.08. The quantitative estimate of drug-likeness (QED) is 0.174. The molecule has 1 aromatic heterocycles. The molecule has 0 saturated heterocycles. The summed E-state index contributed by atoms with van der Waals surface area (Å²) in [6.45, 7) is -0.0790. The molecule has 0 aliphatic carbocycles. The van der Waals surface area contributed by atoms with Crippen molar-refractivity contribution in [1.29, 1.82) is 0 Å². The van der Waals surface area contributed by atoms with Gasteiger partial charge in [0.2, 0.25) is 0 Å². The van der Waals surface area contributed by atoms with Crippen molar-refractivity contribution in [1.82, 2.24) is 4.57 Å². The van der Waals surface area contributed by atoms with Gasteiger partial charge in [0, 0.05) is 50.3 Å². The van der Waals surface area contributed by atoms with E-state index in [2.05, 4.69) is 208 Å². The lowest BCUT2D eigenvalue weighted by Gasteiger charge is -2.47. The molecule has 2 aliphatic heterocycles. The molecule has 9 aromatic rings. The van der Waals surface area contributed by atoms with Gasteiger partial charge >= 0.3 is 6.98 Å². The highest BCUT2D eigenvalue weighted by Crippen LogP contribution is 2.48. The van der Waals surface area contributed by atoms with Gasteiger partial charge in [-0.1, -0.05) is 127 Å². The second-order valence-electron chi connectivity index (χ2n) is 13.7. The first kappa shape index (κ1) is 29.0. The fourth-order valence-electron chi connectivity index (χ4n) is 8.74. The molecule has 11 rings (SSSR count). The van der Waals surface area contributed by atoms with Crippen molar-refractivity contribution < 1.29 is 0 Å². The van der Waals surface area contributed by atoms with E-state index < -0.39 is 0 Å². The van der Waals surface area contributed by atoms with Crippen LogP contribution in [0.3, 0.4) is 0 Å². The van der Waals surface area contributed by atoms with Crippen LogP contribution in [-0.4, -0.2) is 11.5 Å². The Morgan fingerprint density at radius 3 is 1.50 bits per heavy atom. The summed E-state index contributed by atoms with van der Waals surface area (Å²) in [7, 11) is 0. The van der Waals surface area contributed by atoms with Crippen molar-refractivity contribution in [3.05, 3.63) is 194 Å². The summed E-state index contributed by atoms with van der Waals surface area (Å²) in [5.41, 5.74) is 17.2. The second-order valence-corrected chi connectivity index (χ2v) is 13.7. The summed E-state index contributed by atoms with van der Waals surface area (Å²) in [5, 5.41) is 2.52. The number of anilines is 4. The Hall–Kier alpha value is -6.78. The molecule has 0 fully saturated rings. The van der Waals surface area contributed by atoms with Gasteiger partial charge < -0.3 is 14.2 Å². The maximum Gasteiger partial charge on any atom is 0.421 e. The van der Waals surface area contributed by atoms with Crippen LogP contribution in [-0.2, 0) is 0 Å². The van der Waals surface area contributed by atoms with Crippen LogP contribution in [0, 0.1) is 0 Å².